The standard InChI is InChI=1S/C18H17Br3N2O7S/c1-3-11-8-29-9-18(20,21)17-22-13(16(25)28-2)14(15(24)23(11)17)30-31(26,27)12-6-4-10(19)5-7-12/h4-7,11H,3,8-9H2,1-2H3/t11-/m0/s1. The van der Waals surface area contributed by atoms with Gasteiger partial charge in [-0.05, 0) is 30.7 Å². The molecule has 2 heterocycles. The second-order valence-electron chi connectivity index (χ2n) is 6.55. The van der Waals surface area contributed by atoms with Crippen LogP contribution in [0.25, 0.3) is 0 Å². The Labute approximate surface area is 203 Å². The smallest absolute Gasteiger partial charge is 0.360 e. The molecule has 168 valence electrons. The Hall–Kier alpha value is -1.28. The molecule has 1 atom stereocenters. The Balaban J connectivity index is 2.27. The Morgan fingerprint density at radius 2 is 1.97 bits per heavy atom. The molecule has 1 aliphatic rings. The van der Waals surface area contributed by atoms with E-state index >= 15 is 0 Å². The molecule has 1 aromatic heterocycles. The highest BCUT2D eigenvalue weighted by molar-refractivity contribution is 9.24. The Bertz CT molecular complexity index is 1160. The molecule has 0 saturated heterocycles. The predicted molar refractivity (Wildman–Crippen MR) is 121 cm³/mol. The highest BCUT2D eigenvalue weighted by Crippen LogP contribution is 2.41. The molecule has 1 aliphatic heterocycles. The summed E-state index contributed by atoms with van der Waals surface area (Å²) in [7, 11) is -3.35. The average Bonchev–Trinajstić information content (AvgIpc) is 2.85. The van der Waals surface area contributed by atoms with Gasteiger partial charge < -0.3 is 13.7 Å². The van der Waals surface area contributed by atoms with Crippen LogP contribution < -0.4 is 9.74 Å². The van der Waals surface area contributed by atoms with Crippen molar-refractivity contribution >= 4 is 63.9 Å². The summed E-state index contributed by atoms with van der Waals surface area (Å²) >= 11 is 10.1. The summed E-state index contributed by atoms with van der Waals surface area (Å²) in [6.45, 7) is 2.13. The predicted octanol–water partition coefficient (Wildman–Crippen LogP) is 3.48. The highest BCUT2D eigenvalue weighted by atomic mass is 79.9. The summed E-state index contributed by atoms with van der Waals surface area (Å²) in [5.74, 6) is -1.62. The largest absolute Gasteiger partial charge is 0.464 e. The van der Waals surface area contributed by atoms with Gasteiger partial charge in [-0.3, -0.25) is 9.36 Å². The molecule has 1 aromatic carbocycles. The molecule has 0 radical (unpaired) electrons. The monoisotopic (exact) mass is 642 g/mol. The first-order chi connectivity index (χ1) is 14.5. The molecule has 13 heteroatoms. The molecule has 0 bridgehead atoms. The van der Waals surface area contributed by atoms with Crippen molar-refractivity contribution in [2.24, 2.45) is 0 Å². The second-order valence-corrected chi connectivity index (χ2v) is 12.8. The van der Waals surface area contributed by atoms with Gasteiger partial charge in [-0.15, -0.1) is 0 Å². The molecule has 0 saturated carbocycles. The van der Waals surface area contributed by atoms with E-state index in [2.05, 4.69) is 52.8 Å². The van der Waals surface area contributed by atoms with Gasteiger partial charge in [0.1, 0.15) is 10.7 Å². The molecule has 0 fully saturated rings. The van der Waals surface area contributed by atoms with Crippen LogP contribution in [-0.2, 0) is 22.8 Å². The van der Waals surface area contributed by atoms with E-state index in [9.17, 15) is 18.0 Å². The fourth-order valence-corrected chi connectivity index (χ4v) is 5.03. The van der Waals surface area contributed by atoms with Gasteiger partial charge in [0.2, 0.25) is 5.75 Å². The second kappa shape index (κ2) is 9.30. The first-order valence-electron chi connectivity index (χ1n) is 8.92. The number of alkyl halides is 2. The first-order valence-corrected chi connectivity index (χ1v) is 12.7. The summed E-state index contributed by atoms with van der Waals surface area (Å²) in [4.78, 5) is 29.9. The molecule has 0 amide bonds. The van der Waals surface area contributed by atoms with Crippen molar-refractivity contribution in [3.05, 3.63) is 50.6 Å². The minimum absolute atomic E-state index is 0.105. The number of aromatic nitrogens is 2. The molecule has 3 rings (SSSR count). The first kappa shape index (κ1) is 24.4. The summed E-state index contributed by atoms with van der Waals surface area (Å²) in [5.41, 5.74) is -1.40. The zero-order valence-electron chi connectivity index (χ0n) is 16.3. The zero-order chi connectivity index (χ0) is 23.0. The number of hydrogen-bond donors (Lipinski definition) is 0. The van der Waals surface area contributed by atoms with Gasteiger partial charge in [-0.1, -0.05) is 54.7 Å². The van der Waals surface area contributed by atoms with E-state index in [4.69, 9.17) is 13.7 Å². The van der Waals surface area contributed by atoms with E-state index in [1.54, 1.807) is 0 Å². The Morgan fingerprint density at radius 3 is 2.55 bits per heavy atom. The van der Waals surface area contributed by atoms with Crippen molar-refractivity contribution in [1.82, 2.24) is 9.55 Å². The van der Waals surface area contributed by atoms with E-state index in [-0.39, 0.29) is 23.9 Å². The summed E-state index contributed by atoms with van der Waals surface area (Å²) in [6, 6.07) is 5.16. The Kier molecular flexibility index (Phi) is 7.31. The molecule has 31 heavy (non-hydrogen) atoms. The maximum Gasteiger partial charge on any atom is 0.360 e. The minimum Gasteiger partial charge on any atom is -0.464 e. The molecular weight excluding hydrogens is 628 g/mol. The lowest BCUT2D eigenvalue weighted by Gasteiger charge is -2.23. The number of halogens is 3. The molecule has 0 N–H and O–H groups in total. The zero-order valence-corrected chi connectivity index (χ0v) is 21.9. The van der Waals surface area contributed by atoms with Gasteiger partial charge in [0, 0.05) is 4.47 Å². The van der Waals surface area contributed by atoms with Gasteiger partial charge in [0.05, 0.1) is 26.4 Å². The number of methoxy groups -OCH3 is 1. The number of ether oxygens (including phenoxy) is 2. The third-order valence-corrected chi connectivity index (χ3v) is 7.44. The van der Waals surface area contributed by atoms with Crippen LogP contribution in [0.4, 0.5) is 0 Å². The molecule has 9 nitrogen and oxygen atoms in total. The van der Waals surface area contributed by atoms with E-state index < -0.39 is 42.4 Å². The van der Waals surface area contributed by atoms with Crippen LogP contribution in [-0.4, -0.2) is 44.3 Å². The van der Waals surface area contributed by atoms with Gasteiger partial charge in [-0.25, -0.2) is 9.78 Å². The molecule has 2 aromatic rings. The van der Waals surface area contributed by atoms with Crippen molar-refractivity contribution in [1.29, 1.82) is 0 Å². The number of hydrogen-bond acceptors (Lipinski definition) is 8. The van der Waals surface area contributed by atoms with Crippen molar-refractivity contribution < 1.29 is 26.9 Å². The maximum absolute atomic E-state index is 13.4. The van der Waals surface area contributed by atoms with Crippen molar-refractivity contribution in [3.63, 3.8) is 0 Å². The van der Waals surface area contributed by atoms with Crippen LogP contribution in [0.5, 0.6) is 5.75 Å². The topological polar surface area (TPSA) is 114 Å². The van der Waals surface area contributed by atoms with Crippen LogP contribution in [0.3, 0.4) is 0 Å². The van der Waals surface area contributed by atoms with Gasteiger partial charge >= 0.3 is 16.1 Å². The normalized spacial score (nSPS) is 18.0. The lowest BCUT2D eigenvalue weighted by Crippen LogP contribution is -2.36. The minimum atomic E-state index is -4.44. The van der Waals surface area contributed by atoms with Gasteiger partial charge in [0.15, 0.2) is 8.93 Å². The highest BCUT2D eigenvalue weighted by Gasteiger charge is 2.40. The van der Waals surface area contributed by atoms with Gasteiger partial charge in [-0.2, -0.15) is 8.42 Å². The van der Waals surface area contributed by atoms with Crippen LogP contribution in [0.2, 0.25) is 0 Å². The van der Waals surface area contributed by atoms with Crippen molar-refractivity contribution in [2.75, 3.05) is 20.3 Å². The number of benzene rings is 1. The molecule has 0 spiro atoms. The SMILES string of the molecule is CC[C@H]1COCC(Br)(Br)c2nc(C(=O)OC)c(OS(=O)(=O)c3ccc(Br)cc3)c(=O)n21. The third-order valence-electron chi connectivity index (χ3n) is 4.51. The number of esters is 1. The van der Waals surface area contributed by atoms with Crippen LogP contribution in [0.1, 0.15) is 35.7 Å². The van der Waals surface area contributed by atoms with Crippen molar-refractivity contribution in [2.45, 2.75) is 27.5 Å². The average molecular weight is 645 g/mol. The van der Waals surface area contributed by atoms with E-state index in [1.165, 1.54) is 28.8 Å². The van der Waals surface area contributed by atoms with E-state index in [0.717, 1.165) is 7.11 Å². The number of carbonyl (C=O) groups is 1. The quantitative estimate of drug-likeness (QED) is 0.276. The number of fused-ring (bicyclic) bond motifs is 1. The molecule has 0 unspecified atom stereocenters. The van der Waals surface area contributed by atoms with Gasteiger partial charge in [0.25, 0.3) is 5.56 Å². The third kappa shape index (κ3) is 4.90. The summed E-state index contributed by atoms with van der Waals surface area (Å²) in [5, 5.41) is 0. The Morgan fingerprint density at radius 1 is 1.32 bits per heavy atom. The molecule has 0 aliphatic carbocycles. The van der Waals surface area contributed by atoms with Crippen LogP contribution >= 0.6 is 47.8 Å². The summed E-state index contributed by atoms with van der Waals surface area (Å²) in [6.07, 6.45) is 0.487. The number of carbonyl (C=O) groups excluding carboxylic acids is 1. The lowest BCUT2D eigenvalue weighted by atomic mass is 10.2. The summed E-state index contributed by atoms with van der Waals surface area (Å²) < 4.78 is 42.0. The van der Waals surface area contributed by atoms with Crippen molar-refractivity contribution in [3.8, 4) is 5.75 Å². The van der Waals surface area contributed by atoms with E-state index in [1.807, 2.05) is 6.92 Å². The lowest BCUT2D eigenvalue weighted by molar-refractivity contribution is 0.0590. The van der Waals surface area contributed by atoms with Crippen LogP contribution in [0.15, 0.2) is 38.4 Å². The number of rotatable bonds is 5. The van der Waals surface area contributed by atoms with E-state index in [0.29, 0.717) is 10.9 Å². The van der Waals surface area contributed by atoms with Crippen LogP contribution in [0, 0.1) is 0 Å². The fourth-order valence-electron chi connectivity index (χ4n) is 2.95. The maximum atomic E-state index is 13.4. The number of nitrogens with zero attached hydrogens (tertiary/aromatic N) is 2. The molecular formula is C18H17Br3N2O7S. The fraction of sp³-hybridized carbons (Fsp3) is 0.389.